The zero-order chi connectivity index (χ0) is 13.3. The molecule has 2 rings (SSSR count). The highest BCUT2D eigenvalue weighted by Gasteiger charge is 2.11. The summed E-state index contributed by atoms with van der Waals surface area (Å²) < 4.78 is 31.1. The summed E-state index contributed by atoms with van der Waals surface area (Å²) in [5.41, 5.74) is 1.42. The second kappa shape index (κ2) is 4.86. The minimum atomic E-state index is -0.983. The van der Waals surface area contributed by atoms with E-state index in [0.29, 0.717) is 5.56 Å². The van der Waals surface area contributed by atoms with Crippen LogP contribution in [0.4, 0.5) is 8.78 Å². The van der Waals surface area contributed by atoms with Crippen LogP contribution in [0.5, 0.6) is 11.6 Å². The van der Waals surface area contributed by atoms with Gasteiger partial charge in [0, 0.05) is 11.6 Å². The van der Waals surface area contributed by atoms with Crippen molar-refractivity contribution in [2.24, 2.45) is 0 Å². The monoisotopic (exact) mass is 270 g/mol. The van der Waals surface area contributed by atoms with Crippen molar-refractivity contribution in [1.82, 2.24) is 10.2 Å². The summed E-state index contributed by atoms with van der Waals surface area (Å²) in [4.78, 5) is 0. The van der Waals surface area contributed by atoms with E-state index < -0.39 is 11.6 Å². The van der Waals surface area contributed by atoms with E-state index in [0.717, 1.165) is 17.7 Å². The van der Waals surface area contributed by atoms with E-state index in [1.807, 2.05) is 0 Å². The van der Waals surface area contributed by atoms with Gasteiger partial charge in [0.05, 0.1) is 0 Å². The number of ether oxygens (including phenoxy) is 1. The van der Waals surface area contributed by atoms with E-state index in [1.165, 1.54) is 6.07 Å². The molecule has 94 valence electrons. The topological polar surface area (TPSA) is 35.0 Å². The molecule has 2 aromatic rings. The molecule has 0 aliphatic heterocycles. The van der Waals surface area contributed by atoms with Crippen LogP contribution in [0.3, 0.4) is 0 Å². The molecule has 0 saturated heterocycles. The Bertz CT molecular complexity index is 605. The summed E-state index contributed by atoms with van der Waals surface area (Å²) in [5.74, 6) is -1.56. The van der Waals surface area contributed by atoms with Crippen molar-refractivity contribution in [3.05, 3.63) is 46.1 Å². The number of hydrogen-bond donors (Lipinski definition) is 0. The molecule has 1 heterocycles. The van der Waals surface area contributed by atoms with Gasteiger partial charge in [0.15, 0.2) is 16.8 Å². The highest BCUT2D eigenvalue weighted by Crippen LogP contribution is 2.27. The van der Waals surface area contributed by atoms with Gasteiger partial charge in [-0.3, -0.25) is 0 Å². The van der Waals surface area contributed by atoms with Crippen molar-refractivity contribution in [2.45, 2.75) is 13.8 Å². The second-order valence-electron chi connectivity index (χ2n) is 3.72. The minimum absolute atomic E-state index is 0.146. The Kier molecular flexibility index (Phi) is 3.43. The van der Waals surface area contributed by atoms with Crippen molar-refractivity contribution in [3.8, 4) is 11.6 Å². The van der Waals surface area contributed by atoms with Crippen molar-refractivity contribution in [3.63, 3.8) is 0 Å². The number of nitrogens with zero attached hydrogens (tertiary/aromatic N) is 2. The fourth-order valence-electron chi connectivity index (χ4n) is 1.30. The first-order chi connectivity index (χ1) is 8.49. The standard InChI is InChI=1S/C12H9ClF2N2O/c1-6-7(2)12(17-16-11(6)13)18-8-3-4-9(14)10(15)5-8/h3-5H,1-2H3. The molecule has 0 saturated carbocycles. The molecule has 0 aliphatic carbocycles. The van der Waals surface area contributed by atoms with Gasteiger partial charge in [-0.1, -0.05) is 11.6 Å². The van der Waals surface area contributed by atoms with Gasteiger partial charge in [-0.15, -0.1) is 10.2 Å². The van der Waals surface area contributed by atoms with Gasteiger partial charge >= 0.3 is 0 Å². The van der Waals surface area contributed by atoms with Gasteiger partial charge in [0.1, 0.15) is 5.75 Å². The maximum Gasteiger partial charge on any atom is 0.242 e. The van der Waals surface area contributed by atoms with E-state index >= 15 is 0 Å². The third kappa shape index (κ3) is 2.41. The van der Waals surface area contributed by atoms with Gasteiger partial charge < -0.3 is 4.74 Å². The molecule has 1 aromatic heterocycles. The lowest BCUT2D eigenvalue weighted by molar-refractivity contribution is 0.438. The summed E-state index contributed by atoms with van der Waals surface area (Å²) in [6.45, 7) is 3.52. The van der Waals surface area contributed by atoms with Crippen LogP contribution in [0.1, 0.15) is 11.1 Å². The fourth-order valence-corrected chi connectivity index (χ4v) is 1.48. The van der Waals surface area contributed by atoms with Crippen molar-refractivity contribution in [1.29, 1.82) is 0 Å². The van der Waals surface area contributed by atoms with Crippen molar-refractivity contribution < 1.29 is 13.5 Å². The first-order valence-corrected chi connectivity index (χ1v) is 5.49. The Morgan fingerprint density at radius 3 is 2.44 bits per heavy atom. The highest BCUT2D eigenvalue weighted by molar-refractivity contribution is 6.30. The van der Waals surface area contributed by atoms with Gasteiger partial charge in [-0.05, 0) is 31.5 Å². The molecule has 0 amide bonds. The summed E-state index contributed by atoms with van der Waals surface area (Å²) in [6.07, 6.45) is 0. The van der Waals surface area contributed by atoms with E-state index in [1.54, 1.807) is 13.8 Å². The first-order valence-electron chi connectivity index (χ1n) is 5.11. The number of benzene rings is 1. The molecular formula is C12H9ClF2N2O. The quantitative estimate of drug-likeness (QED) is 0.832. The summed E-state index contributed by atoms with van der Waals surface area (Å²) in [5, 5.41) is 7.75. The summed E-state index contributed by atoms with van der Waals surface area (Å²) in [7, 11) is 0. The number of rotatable bonds is 2. The SMILES string of the molecule is Cc1c(Cl)nnc(Oc2ccc(F)c(F)c2)c1C. The largest absolute Gasteiger partial charge is 0.437 e. The van der Waals surface area contributed by atoms with Crippen LogP contribution >= 0.6 is 11.6 Å². The third-order valence-electron chi connectivity index (χ3n) is 2.53. The fraction of sp³-hybridized carbons (Fsp3) is 0.167. The van der Waals surface area contributed by atoms with Crippen LogP contribution in [0.25, 0.3) is 0 Å². The van der Waals surface area contributed by atoms with Gasteiger partial charge in [0.25, 0.3) is 0 Å². The number of aromatic nitrogens is 2. The Morgan fingerprint density at radius 2 is 1.78 bits per heavy atom. The van der Waals surface area contributed by atoms with Gasteiger partial charge in [-0.2, -0.15) is 0 Å². The van der Waals surface area contributed by atoms with E-state index in [9.17, 15) is 8.78 Å². The van der Waals surface area contributed by atoms with Crippen LogP contribution in [0, 0.1) is 25.5 Å². The maximum atomic E-state index is 13.0. The smallest absolute Gasteiger partial charge is 0.242 e. The lowest BCUT2D eigenvalue weighted by Crippen LogP contribution is -1.98. The molecule has 0 bridgehead atoms. The lowest BCUT2D eigenvalue weighted by Gasteiger charge is -2.09. The zero-order valence-electron chi connectivity index (χ0n) is 9.67. The predicted molar refractivity (Wildman–Crippen MR) is 62.9 cm³/mol. The Labute approximate surface area is 107 Å². The molecule has 0 spiro atoms. The molecule has 3 nitrogen and oxygen atoms in total. The van der Waals surface area contributed by atoms with Crippen LogP contribution in [0.15, 0.2) is 18.2 Å². The summed E-state index contributed by atoms with van der Waals surface area (Å²) in [6, 6.07) is 3.24. The predicted octanol–water partition coefficient (Wildman–Crippen LogP) is 3.82. The van der Waals surface area contributed by atoms with Crippen LogP contribution in [0.2, 0.25) is 5.15 Å². The second-order valence-corrected chi connectivity index (χ2v) is 4.08. The molecule has 18 heavy (non-hydrogen) atoms. The third-order valence-corrected chi connectivity index (χ3v) is 2.89. The van der Waals surface area contributed by atoms with E-state index in [2.05, 4.69) is 10.2 Å². The van der Waals surface area contributed by atoms with Gasteiger partial charge in [-0.25, -0.2) is 8.78 Å². The molecule has 0 radical (unpaired) electrons. The van der Waals surface area contributed by atoms with Crippen molar-refractivity contribution >= 4 is 11.6 Å². The maximum absolute atomic E-state index is 13.0. The Hall–Kier alpha value is -1.75. The Morgan fingerprint density at radius 1 is 1.06 bits per heavy atom. The summed E-state index contributed by atoms with van der Waals surface area (Å²) >= 11 is 5.80. The van der Waals surface area contributed by atoms with Crippen LogP contribution < -0.4 is 4.74 Å². The molecule has 0 atom stereocenters. The van der Waals surface area contributed by atoms with Crippen LogP contribution in [-0.2, 0) is 0 Å². The van der Waals surface area contributed by atoms with E-state index in [-0.39, 0.29) is 16.8 Å². The molecular weight excluding hydrogens is 262 g/mol. The van der Waals surface area contributed by atoms with E-state index in [4.69, 9.17) is 16.3 Å². The molecule has 1 aromatic carbocycles. The molecule has 0 unspecified atom stereocenters. The normalized spacial score (nSPS) is 10.5. The Balaban J connectivity index is 2.34. The molecule has 6 heteroatoms. The average Bonchev–Trinajstić information content (AvgIpc) is 2.34. The van der Waals surface area contributed by atoms with Gasteiger partial charge in [0.2, 0.25) is 5.88 Å². The molecule has 0 N–H and O–H groups in total. The first kappa shape index (κ1) is 12.7. The lowest BCUT2D eigenvalue weighted by atomic mass is 10.2. The average molecular weight is 271 g/mol. The number of halogens is 3. The molecule has 0 fully saturated rings. The molecule has 0 aliphatic rings. The number of hydrogen-bond acceptors (Lipinski definition) is 3. The van der Waals surface area contributed by atoms with Crippen LogP contribution in [-0.4, -0.2) is 10.2 Å². The minimum Gasteiger partial charge on any atom is -0.437 e. The van der Waals surface area contributed by atoms with Crippen molar-refractivity contribution in [2.75, 3.05) is 0 Å². The highest BCUT2D eigenvalue weighted by atomic mass is 35.5. The zero-order valence-corrected chi connectivity index (χ0v) is 10.4.